The van der Waals surface area contributed by atoms with Crippen molar-refractivity contribution in [2.24, 2.45) is 5.73 Å². The molecule has 0 saturated heterocycles. The maximum atomic E-state index is 11.1. The molecule has 0 aliphatic rings. The number of ether oxygens (including phenoxy) is 1. The summed E-state index contributed by atoms with van der Waals surface area (Å²) in [5.74, 6) is -0.409. The van der Waals surface area contributed by atoms with Crippen LogP contribution >= 0.6 is 0 Å². The molecule has 0 unspecified atom stereocenters. The lowest BCUT2D eigenvalue weighted by atomic mass is 10.1. The number of rotatable bonds is 4. The van der Waals surface area contributed by atoms with Gasteiger partial charge < -0.3 is 21.5 Å². The molecule has 1 aromatic heterocycles. The average molecular weight is 226 g/mol. The van der Waals surface area contributed by atoms with Crippen LogP contribution in [0, 0.1) is 0 Å². The van der Waals surface area contributed by atoms with Gasteiger partial charge in [0.05, 0.1) is 7.11 Å². The van der Waals surface area contributed by atoms with Crippen LogP contribution in [-0.4, -0.2) is 33.5 Å². The number of anilines is 2. The first-order valence-corrected chi connectivity index (χ1v) is 4.49. The Morgan fingerprint density at radius 3 is 2.50 bits per heavy atom. The number of amides is 1. The fourth-order valence-electron chi connectivity index (χ4n) is 0.860. The number of nitrogens with zero attached hydrogens (tertiary/aromatic N) is 3. The molecule has 5 N–H and O–H groups in total. The van der Waals surface area contributed by atoms with Gasteiger partial charge in [-0.05, 0) is 13.8 Å². The van der Waals surface area contributed by atoms with Crippen molar-refractivity contribution >= 4 is 17.8 Å². The van der Waals surface area contributed by atoms with Gasteiger partial charge in [-0.25, -0.2) is 0 Å². The van der Waals surface area contributed by atoms with E-state index >= 15 is 0 Å². The number of methoxy groups -OCH3 is 1. The molecule has 0 fully saturated rings. The molecule has 8 heteroatoms. The summed E-state index contributed by atoms with van der Waals surface area (Å²) in [5.41, 5.74) is 9.64. The van der Waals surface area contributed by atoms with E-state index in [1.54, 1.807) is 13.8 Å². The Morgan fingerprint density at radius 2 is 2.00 bits per heavy atom. The van der Waals surface area contributed by atoms with Crippen LogP contribution in [0.2, 0.25) is 0 Å². The average Bonchev–Trinajstić information content (AvgIpc) is 2.15. The van der Waals surface area contributed by atoms with Crippen molar-refractivity contribution in [2.75, 3.05) is 18.2 Å². The van der Waals surface area contributed by atoms with Crippen molar-refractivity contribution in [3.8, 4) is 6.01 Å². The highest BCUT2D eigenvalue weighted by Gasteiger charge is 2.26. The number of nitrogens with two attached hydrogens (primary N) is 2. The van der Waals surface area contributed by atoms with Crippen LogP contribution in [0.5, 0.6) is 6.01 Å². The maximum Gasteiger partial charge on any atom is 0.322 e. The fraction of sp³-hybridized carbons (Fsp3) is 0.500. The summed E-state index contributed by atoms with van der Waals surface area (Å²) in [5, 5.41) is 2.74. The lowest BCUT2D eigenvalue weighted by Gasteiger charge is -2.22. The first-order valence-electron chi connectivity index (χ1n) is 4.49. The van der Waals surface area contributed by atoms with E-state index in [-0.39, 0.29) is 17.9 Å². The van der Waals surface area contributed by atoms with Crippen molar-refractivity contribution in [2.45, 2.75) is 19.4 Å². The minimum atomic E-state index is -0.987. The third-order valence-electron chi connectivity index (χ3n) is 1.86. The van der Waals surface area contributed by atoms with Crippen LogP contribution in [0.15, 0.2) is 0 Å². The zero-order valence-corrected chi connectivity index (χ0v) is 9.31. The van der Waals surface area contributed by atoms with Gasteiger partial charge in [0.2, 0.25) is 17.8 Å². The van der Waals surface area contributed by atoms with Crippen molar-refractivity contribution < 1.29 is 9.53 Å². The topological polar surface area (TPSA) is 129 Å². The Labute approximate surface area is 92.4 Å². The molecule has 0 bridgehead atoms. The Morgan fingerprint density at radius 1 is 1.38 bits per heavy atom. The number of nitrogen functional groups attached to an aromatic ring is 1. The molecule has 0 aliphatic carbocycles. The van der Waals surface area contributed by atoms with Crippen molar-refractivity contribution in [3.63, 3.8) is 0 Å². The van der Waals surface area contributed by atoms with Crippen molar-refractivity contribution in [3.05, 3.63) is 0 Å². The predicted octanol–water partition coefficient (Wildman–Crippen LogP) is -0.862. The summed E-state index contributed by atoms with van der Waals surface area (Å²) in [4.78, 5) is 22.5. The summed E-state index contributed by atoms with van der Waals surface area (Å²) >= 11 is 0. The molecule has 1 amide bonds. The second kappa shape index (κ2) is 4.17. The highest BCUT2D eigenvalue weighted by Crippen LogP contribution is 2.13. The second-order valence-electron chi connectivity index (χ2n) is 3.62. The molecule has 0 radical (unpaired) electrons. The monoisotopic (exact) mass is 226 g/mol. The van der Waals surface area contributed by atoms with Crippen LogP contribution in [0.25, 0.3) is 0 Å². The molecular weight excluding hydrogens is 212 g/mol. The number of carbonyl (C=O) groups is 1. The largest absolute Gasteiger partial charge is 0.467 e. The van der Waals surface area contributed by atoms with Gasteiger partial charge in [-0.1, -0.05) is 0 Å². The lowest BCUT2D eigenvalue weighted by molar-refractivity contribution is -0.121. The Kier molecular flexibility index (Phi) is 3.11. The van der Waals surface area contributed by atoms with E-state index in [2.05, 4.69) is 20.3 Å². The van der Waals surface area contributed by atoms with Gasteiger partial charge in [0.1, 0.15) is 5.54 Å². The van der Waals surface area contributed by atoms with Crippen molar-refractivity contribution in [1.82, 2.24) is 15.0 Å². The molecule has 0 aliphatic heterocycles. The Hall–Kier alpha value is -2.12. The van der Waals surface area contributed by atoms with Gasteiger partial charge in [0.15, 0.2) is 0 Å². The predicted molar refractivity (Wildman–Crippen MR) is 57.7 cm³/mol. The first-order chi connectivity index (χ1) is 7.35. The molecule has 1 rings (SSSR count). The number of aromatic nitrogens is 3. The quantitative estimate of drug-likeness (QED) is 0.609. The van der Waals surface area contributed by atoms with E-state index in [1.807, 2.05) is 0 Å². The van der Waals surface area contributed by atoms with Crippen LogP contribution in [0.4, 0.5) is 11.9 Å². The van der Waals surface area contributed by atoms with Crippen LogP contribution in [0.1, 0.15) is 13.8 Å². The lowest BCUT2D eigenvalue weighted by Crippen LogP contribution is -2.45. The van der Waals surface area contributed by atoms with Gasteiger partial charge in [-0.15, -0.1) is 0 Å². The number of nitrogens with one attached hydrogen (secondary N) is 1. The van der Waals surface area contributed by atoms with Gasteiger partial charge in [-0.3, -0.25) is 4.79 Å². The van der Waals surface area contributed by atoms with Crippen LogP contribution in [-0.2, 0) is 4.79 Å². The maximum absolute atomic E-state index is 11.1. The van der Waals surface area contributed by atoms with E-state index < -0.39 is 11.4 Å². The van der Waals surface area contributed by atoms with Gasteiger partial charge in [0.25, 0.3) is 0 Å². The standard InChI is InChI=1S/C8H14N6O2/c1-8(2,4(9)15)14-6-11-5(10)12-7(13-6)16-3/h1-3H3,(H2,9,15)(H3,10,11,12,13,14). The molecule has 0 saturated carbocycles. The molecule has 0 spiro atoms. The van der Waals surface area contributed by atoms with E-state index in [4.69, 9.17) is 16.2 Å². The molecule has 8 nitrogen and oxygen atoms in total. The Balaban J connectivity index is 2.97. The molecule has 1 heterocycles. The third kappa shape index (κ3) is 2.69. The molecule has 16 heavy (non-hydrogen) atoms. The molecule has 1 aromatic rings. The van der Waals surface area contributed by atoms with Crippen LogP contribution in [0.3, 0.4) is 0 Å². The minimum absolute atomic E-state index is 0.00498. The summed E-state index contributed by atoms with van der Waals surface area (Å²) in [6.45, 7) is 3.20. The number of hydrogen-bond acceptors (Lipinski definition) is 7. The van der Waals surface area contributed by atoms with Crippen molar-refractivity contribution in [1.29, 1.82) is 0 Å². The molecule has 88 valence electrons. The first kappa shape index (κ1) is 12.0. The van der Waals surface area contributed by atoms with Gasteiger partial charge in [-0.2, -0.15) is 15.0 Å². The smallest absolute Gasteiger partial charge is 0.322 e. The minimum Gasteiger partial charge on any atom is -0.467 e. The van der Waals surface area contributed by atoms with Crippen LogP contribution < -0.4 is 21.5 Å². The van der Waals surface area contributed by atoms with Gasteiger partial charge >= 0.3 is 6.01 Å². The summed E-state index contributed by atoms with van der Waals surface area (Å²) in [6.07, 6.45) is 0. The summed E-state index contributed by atoms with van der Waals surface area (Å²) in [6, 6.07) is 0.0651. The fourth-order valence-corrected chi connectivity index (χ4v) is 0.860. The highest BCUT2D eigenvalue weighted by molar-refractivity contribution is 5.86. The number of hydrogen-bond donors (Lipinski definition) is 3. The SMILES string of the molecule is COc1nc(N)nc(NC(C)(C)C(N)=O)n1. The molecular formula is C8H14N6O2. The second-order valence-corrected chi connectivity index (χ2v) is 3.62. The number of carbonyl (C=O) groups excluding carboxylic acids is 1. The van der Waals surface area contributed by atoms with E-state index in [0.717, 1.165) is 0 Å². The van der Waals surface area contributed by atoms with E-state index in [9.17, 15) is 4.79 Å². The normalized spacial score (nSPS) is 10.9. The number of primary amides is 1. The third-order valence-corrected chi connectivity index (χ3v) is 1.86. The summed E-state index contributed by atoms with van der Waals surface area (Å²) in [7, 11) is 1.40. The Bertz CT molecular complexity index is 406. The van der Waals surface area contributed by atoms with E-state index in [0.29, 0.717) is 0 Å². The zero-order valence-electron chi connectivity index (χ0n) is 9.31. The summed E-state index contributed by atoms with van der Waals surface area (Å²) < 4.78 is 4.81. The highest BCUT2D eigenvalue weighted by atomic mass is 16.5. The molecule has 0 aromatic carbocycles. The molecule has 0 atom stereocenters. The van der Waals surface area contributed by atoms with Gasteiger partial charge in [0, 0.05) is 0 Å². The zero-order chi connectivity index (χ0) is 12.3. The van der Waals surface area contributed by atoms with E-state index in [1.165, 1.54) is 7.11 Å².